The van der Waals surface area contributed by atoms with Gasteiger partial charge in [-0.15, -0.1) is 0 Å². The molecule has 4 heterocycles. The minimum atomic E-state index is -1.57. The largest absolute Gasteiger partial charge is 0.463 e. The van der Waals surface area contributed by atoms with E-state index in [-0.39, 0.29) is 0 Å². The molecule has 218 valence electrons. The molecule has 0 spiro atoms. The molecule has 4 rings (SSSR count). The minimum absolute atomic E-state index is 0.445. The second kappa shape index (κ2) is 12.1. The number of nitrogens with zero attached hydrogens (tertiary/aromatic N) is 2. The minimum Gasteiger partial charge on any atom is -0.463 e. The molecule has 2 fully saturated rings. The van der Waals surface area contributed by atoms with E-state index in [0.29, 0.717) is 0 Å². The lowest BCUT2D eigenvalue weighted by atomic mass is 10.1. The van der Waals surface area contributed by atoms with Crippen molar-refractivity contribution in [1.29, 1.82) is 0 Å². The highest BCUT2D eigenvalue weighted by atomic mass is 16.6. The molecule has 8 atom stereocenters. The van der Waals surface area contributed by atoms with E-state index in [4.69, 9.17) is 18.9 Å². The Morgan fingerprint density at radius 2 is 1.07 bits per heavy atom. The van der Waals surface area contributed by atoms with Gasteiger partial charge in [0.15, 0.2) is 12.5 Å². The normalized spacial score (nSPS) is 29.8. The van der Waals surface area contributed by atoms with Crippen LogP contribution in [-0.4, -0.2) is 101 Å². The Morgan fingerprint density at radius 3 is 1.43 bits per heavy atom. The lowest BCUT2D eigenvalue weighted by Gasteiger charge is -2.16. The third-order valence-corrected chi connectivity index (χ3v) is 6.28. The van der Waals surface area contributed by atoms with Gasteiger partial charge in [-0.2, -0.15) is 0 Å². The lowest BCUT2D eigenvalue weighted by Crippen LogP contribution is -2.37. The Kier molecular flexibility index (Phi) is 8.76. The first-order valence-electron chi connectivity index (χ1n) is 11.9. The fourth-order valence-electron chi connectivity index (χ4n) is 4.15. The van der Waals surface area contributed by atoms with Crippen LogP contribution in [0.1, 0.15) is 25.3 Å². The van der Waals surface area contributed by atoms with Crippen LogP contribution >= 0.6 is 0 Å². The summed E-state index contributed by atoms with van der Waals surface area (Å²) in [5, 5.41) is 40.8. The quantitative estimate of drug-likeness (QED) is 0.155. The van der Waals surface area contributed by atoms with E-state index in [0.717, 1.165) is 33.7 Å². The fraction of sp³-hybridized carbons (Fsp3) is 0.545. The predicted octanol–water partition coefficient (Wildman–Crippen LogP) is -4.81. The molecule has 0 amide bonds. The molecule has 2 aliphatic rings. The molecular weight excluding hydrogens is 544 g/mol. The average molecular weight is 570 g/mol. The van der Waals surface area contributed by atoms with Gasteiger partial charge < -0.3 is 39.4 Å². The first-order chi connectivity index (χ1) is 19.0. The molecule has 0 unspecified atom stereocenters. The number of hydrogen-bond donors (Lipinski definition) is 6. The highest BCUT2D eigenvalue weighted by Crippen LogP contribution is 2.29. The average Bonchev–Trinajstić information content (AvgIpc) is 3.35. The van der Waals surface area contributed by atoms with E-state index in [2.05, 4.69) is 0 Å². The monoisotopic (exact) mass is 570 g/mol. The van der Waals surface area contributed by atoms with Gasteiger partial charge in [0.05, 0.1) is 12.8 Å². The van der Waals surface area contributed by atoms with Crippen LogP contribution in [0.25, 0.3) is 0 Å². The molecule has 18 nitrogen and oxygen atoms in total. The topological polar surface area (TPSA) is 262 Å². The third kappa shape index (κ3) is 6.27. The first-order valence-corrected chi connectivity index (χ1v) is 11.9. The van der Waals surface area contributed by atoms with Gasteiger partial charge in [-0.05, 0) is 0 Å². The molecule has 2 saturated heterocycles. The maximum atomic E-state index is 12.1. The van der Waals surface area contributed by atoms with Crippen molar-refractivity contribution in [1.82, 2.24) is 19.1 Å². The van der Waals surface area contributed by atoms with E-state index in [1.807, 2.05) is 9.97 Å². The number of carbonyl (C=O) groups is 2. The molecule has 0 bridgehead atoms. The van der Waals surface area contributed by atoms with Gasteiger partial charge in [0.1, 0.15) is 49.8 Å². The van der Waals surface area contributed by atoms with Crippen molar-refractivity contribution >= 4 is 11.9 Å². The maximum absolute atomic E-state index is 12.1. The van der Waals surface area contributed by atoms with Crippen molar-refractivity contribution in [2.75, 3.05) is 13.2 Å². The molecule has 0 aromatic carbocycles. The van der Waals surface area contributed by atoms with Gasteiger partial charge in [-0.1, -0.05) is 0 Å². The van der Waals surface area contributed by atoms with Crippen molar-refractivity contribution in [3.63, 3.8) is 0 Å². The Labute approximate surface area is 221 Å². The first kappa shape index (κ1) is 29.1. The van der Waals surface area contributed by atoms with Gasteiger partial charge in [-0.3, -0.25) is 38.3 Å². The zero-order valence-electron chi connectivity index (χ0n) is 20.5. The molecule has 2 aromatic heterocycles. The number of aliphatic hydroxyl groups is 4. The van der Waals surface area contributed by atoms with E-state index in [1.54, 1.807) is 0 Å². The molecule has 0 saturated carbocycles. The molecule has 0 radical (unpaired) electrons. The Balaban J connectivity index is 1.21. The van der Waals surface area contributed by atoms with E-state index in [1.165, 1.54) is 0 Å². The van der Waals surface area contributed by atoms with Crippen LogP contribution in [0.4, 0.5) is 0 Å². The van der Waals surface area contributed by atoms with Crippen molar-refractivity contribution in [3.05, 3.63) is 66.2 Å². The van der Waals surface area contributed by atoms with Crippen LogP contribution in [0.3, 0.4) is 0 Å². The second-order valence-electron chi connectivity index (χ2n) is 8.99. The van der Waals surface area contributed by atoms with Crippen LogP contribution in [0, 0.1) is 0 Å². The summed E-state index contributed by atoms with van der Waals surface area (Å²) in [5.41, 5.74) is -3.11. The van der Waals surface area contributed by atoms with Crippen molar-refractivity contribution in [2.45, 2.75) is 61.9 Å². The number of hydrogen-bond acceptors (Lipinski definition) is 14. The summed E-state index contributed by atoms with van der Waals surface area (Å²) in [6.07, 6.45) is -10.1. The standard InChI is InChI=1S/C22H26N4O14/c27-11-3-5-25(21(35)23-11)19-17(33)15(31)9(39-19)7-37-13(29)1-2-14(30)38-8-10-16(32)18(34)20(40-10)26-6-4-12(28)24-22(26)36/h3-6,9-10,15-20,31-34H,1-2,7-8H2,(H,23,27,35)(H,24,28,36)/t9-,10-,15-,16-,17-,18-,19-,20-/m1/s1. The number of aromatic nitrogens is 4. The molecule has 6 N–H and O–H groups in total. The summed E-state index contributed by atoms with van der Waals surface area (Å²) in [4.78, 5) is 74.4. The lowest BCUT2D eigenvalue weighted by molar-refractivity contribution is -0.156. The summed E-state index contributed by atoms with van der Waals surface area (Å²) < 4.78 is 22.5. The second-order valence-corrected chi connectivity index (χ2v) is 8.99. The highest BCUT2D eigenvalue weighted by Gasteiger charge is 2.45. The van der Waals surface area contributed by atoms with Crippen LogP contribution < -0.4 is 22.5 Å². The van der Waals surface area contributed by atoms with Crippen molar-refractivity contribution in [3.8, 4) is 0 Å². The van der Waals surface area contributed by atoms with Gasteiger partial charge in [-0.25, -0.2) is 9.59 Å². The number of ether oxygens (including phenoxy) is 4. The SMILES string of the molecule is O=C(CCC(=O)OC[C@H]1O[C@@H](n2ccc(=O)[nH]c2=O)[C@H](O)[C@@H]1O)OC[C@H]1O[C@@H](n2ccc(=O)[nH]c2=O)[C@H](O)[C@@H]1O. The van der Waals surface area contributed by atoms with E-state index in [9.17, 15) is 49.2 Å². The molecule has 0 aliphatic carbocycles. The molecule has 18 heteroatoms. The molecule has 2 aliphatic heterocycles. The number of carbonyl (C=O) groups excluding carboxylic acids is 2. The number of H-pyrrole nitrogens is 2. The van der Waals surface area contributed by atoms with Crippen LogP contribution in [0.15, 0.2) is 43.7 Å². The highest BCUT2D eigenvalue weighted by molar-refractivity contribution is 5.77. The maximum Gasteiger partial charge on any atom is 0.330 e. The van der Waals surface area contributed by atoms with Crippen LogP contribution in [-0.2, 0) is 28.5 Å². The Bertz CT molecular complexity index is 1350. The van der Waals surface area contributed by atoms with E-state index >= 15 is 0 Å². The zero-order chi connectivity index (χ0) is 29.1. The predicted molar refractivity (Wildman–Crippen MR) is 126 cm³/mol. The number of nitrogens with one attached hydrogen (secondary N) is 2. The molecule has 40 heavy (non-hydrogen) atoms. The number of esters is 2. The summed E-state index contributed by atoms with van der Waals surface area (Å²) in [5.74, 6) is -1.76. The Hall–Kier alpha value is -3.94. The van der Waals surface area contributed by atoms with Gasteiger partial charge in [0.2, 0.25) is 0 Å². The summed E-state index contributed by atoms with van der Waals surface area (Å²) in [7, 11) is 0. The smallest absolute Gasteiger partial charge is 0.330 e. The zero-order valence-corrected chi connectivity index (χ0v) is 20.5. The molecule has 2 aromatic rings. The fourth-order valence-corrected chi connectivity index (χ4v) is 4.15. The van der Waals surface area contributed by atoms with Gasteiger partial charge in [0.25, 0.3) is 11.1 Å². The summed E-state index contributed by atoms with van der Waals surface area (Å²) >= 11 is 0. The number of aliphatic hydroxyl groups excluding tert-OH is 4. The summed E-state index contributed by atoms with van der Waals surface area (Å²) in [6, 6.07) is 2.04. The van der Waals surface area contributed by atoms with Gasteiger partial charge in [0, 0.05) is 24.5 Å². The Morgan fingerprint density at radius 1 is 0.700 bits per heavy atom. The van der Waals surface area contributed by atoms with Crippen LogP contribution in [0.2, 0.25) is 0 Å². The van der Waals surface area contributed by atoms with E-state index < -0.39 is 110 Å². The summed E-state index contributed by atoms with van der Waals surface area (Å²) in [6.45, 7) is -1.04. The number of rotatable bonds is 9. The van der Waals surface area contributed by atoms with Crippen molar-refractivity contribution < 1.29 is 49.0 Å². The third-order valence-electron chi connectivity index (χ3n) is 6.28. The molecular formula is C22H26N4O14. The van der Waals surface area contributed by atoms with Crippen LogP contribution in [0.5, 0.6) is 0 Å². The number of aromatic amines is 2. The van der Waals surface area contributed by atoms with Gasteiger partial charge >= 0.3 is 23.3 Å². The van der Waals surface area contributed by atoms with Crippen molar-refractivity contribution in [2.24, 2.45) is 0 Å².